The first-order valence-electron chi connectivity index (χ1n) is 6.73. The van der Waals surface area contributed by atoms with E-state index in [4.69, 9.17) is 5.11 Å². The molecule has 0 radical (unpaired) electrons. The molecule has 1 saturated heterocycles. The van der Waals surface area contributed by atoms with Crippen molar-refractivity contribution in [3.8, 4) is 0 Å². The van der Waals surface area contributed by atoms with E-state index in [0.29, 0.717) is 12.3 Å². The highest BCUT2D eigenvalue weighted by molar-refractivity contribution is 5.70. The minimum absolute atomic E-state index is 0.230. The zero-order chi connectivity index (χ0) is 12.5. The summed E-state index contributed by atoms with van der Waals surface area (Å²) < 4.78 is 2.25. The van der Waals surface area contributed by atoms with Crippen molar-refractivity contribution in [2.45, 2.75) is 38.1 Å². The Balaban J connectivity index is 1.81. The van der Waals surface area contributed by atoms with Gasteiger partial charge in [-0.2, -0.15) is 0 Å². The second-order valence-electron chi connectivity index (χ2n) is 5.33. The van der Waals surface area contributed by atoms with Crippen molar-refractivity contribution in [2.75, 3.05) is 13.1 Å². The van der Waals surface area contributed by atoms with Crippen LogP contribution in [0, 0.1) is 5.92 Å². The highest BCUT2D eigenvalue weighted by atomic mass is 16.4. The van der Waals surface area contributed by atoms with E-state index in [1.807, 2.05) is 6.20 Å². The van der Waals surface area contributed by atoms with Gasteiger partial charge in [-0.3, -0.25) is 4.79 Å². The molecule has 0 bridgehead atoms. The zero-order valence-electron chi connectivity index (χ0n) is 10.4. The summed E-state index contributed by atoms with van der Waals surface area (Å²) in [6.45, 7) is 2.90. The van der Waals surface area contributed by atoms with Crippen molar-refractivity contribution in [1.82, 2.24) is 14.9 Å². The molecule has 2 N–H and O–H groups in total. The number of nitrogens with zero attached hydrogens (tertiary/aromatic N) is 2. The predicted octanol–water partition coefficient (Wildman–Crippen LogP) is 0.997. The summed E-state index contributed by atoms with van der Waals surface area (Å²) in [5.41, 5.74) is 1.09. The average molecular weight is 249 g/mol. The number of carbonyl (C=O) groups is 1. The second kappa shape index (κ2) is 4.72. The molecule has 2 atom stereocenters. The van der Waals surface area contributed by atoms with Crippen LogP contribution in [-0.4, -0.2) is 33.7 Å². The Labute approximate surface area is 106 Å². The minimum Gasteiger partial charge on any atom is -0.481 e. The molecule has 0 aromatic carbocycles. The van der Waals surface area contributed by atoms with Gasteiger partial charge in [0.25, 0.3) is 0 Å². The third-order valence-electron chi connectivity index (χ3n) is 4.14. The Hall–Kier alpha value is -1.36. The smallest absolute Gasteiger partial charge is 0.306 e. The fraction of sp³-hybridized carbons (Fsp3) is 0.692. The normalized spacial score (nSPS) is 27.8. The first kappa shape index (κ1) is 11.7. The van der Waals surface area contributed by atoms with E-state index >= 15 is 0 Å². The highest BCUT2D eigenvalue weighted by Gasteiger charge is 2.28. The molecule has 3 heterocycles. The first-order chi connectivity index (χ1) is 8.75. The molecule has 2 aliphatic heterocycles. The summed E-state index contributed by atoms with van der Waals surface area (Å²) in [6.07, 6.45) is 5.61. The lowest BCUT2D eigenvalue weighted by molar-refractivity contribution is -0.142. The predicted molar refractivity (Wildman–Crippen MR) is 66.5 cm³/mol. The largest absolute Gasteiger partial charge is 0.481 e. The van der Waals surface area contributed by atoms with Crippen LogP contribution < -0.4 is 5.32 Å². The Morgan fingerprint density at radius 1 is 1.50 bits per heavy atom. The maximum Gasteiger partial charge on any atom is 0.306 e. The van der Waals surface area contributed by atoms with Crippen LogP contribution in [0.25, 0.3) is 0 Å². The van der Waals surface area contributed by atoms with E-state index < -0.39 is 5.97 Å². The molecule has 98 valence electrons. The maximum atomic E-state index is 11.0. The van der Waals surface area contributed by atoms with Crippen molar-refractivity contribution >= 4 is 5.97 Å². The molecule has 5 nitrogen and oxygen atoms in total. The third kappa shape index (κ3) is 2.03. The second-order valence-corrected chi connectivity index (χ2v) is 5.33. The summed E-state index contributed by atoms with van der Waals surface area (Å²) in [6, 6.07) is 0. The van der Waals surface area contributed by atoms with Gasteiger partial charge in [0.05, 0.1) is 5.92 Å². The van der Waals surface area contributed by atoms with Gasteiger partial charge in [0.2, 0.25) is 0 Å². The van der Waals surface area contributed by atoms with Crippen LogP contribution in [-0.2, 0) is 17.8 Å². The van der Waals surface area contributed by atoms with E-state index in [1.54, 1.807) is 0 Å². The SMILES string of the molecule is O=C(O)C1CCn2c(cnc2C2CCCNC2)C1. The minimum atomic E-state index is -0.677. The van der Waals surface area contributed by atoms with Gasteiger partial charge in [-0.05, 0) is 25.8 Å². The summed E-state index contributed by atoms with van der Waals surface area (Å²) in [4.78, 5) is 15.6. The average Bonchev–Trinajstić information content (AvgIpc) is 2.82. The van der Waals surface area contributed by atoms with Gasteiger partial charge in [-0.25, -0.2) is 4.98 Å². The molecule has 1 fully saturated rings. The van der Waals surface area contributed by atoms with Crippen LogP contribution in [0.15, 0.2) is 6.20 Å². The molecule has 3 rings (SSSR count). The number of carboxylic acid groups (broad SMARTS) is 1. The van der Waals surface area contributed by atoms with Crippen molar-refractivity contribution in [2.24, 2.45) is 5.92 Å². The summed E-state index contributed by atoms with van der Waals surface area (Å²) in [5, 5.41) is 12.5. The van der Waals surface area contributed by atoms with E-state index in [9.17, 15) is 4.79 Å². The number of imidazole rings is 1. The number of piperidine rings is 1. The molecule has 1 aromatic heterocycles. The Bertz CT molecular complexity index is 449. The Kier molecular flexibility index (Phi) is 3.07. The highest BCUT2D eigenvalue weighted by Crippen LogP contribution is 2.28. The van der Waals surface area contributed by atoms with Gasteiger partial charge in [0.1, 0.15) is 5.82 Å². The molecule has 2 unspecified atom stereocenters. The standard InChI is InChI=1S/C13H19N3O2/c17-13(18)9-3-5-16-11(6-9)8-15-12(16)10-2-1-4-14-7-10/h8-10,14H,1-7H2,(H,17,18). The molecule has 0 saturated carbocycles. The summed E-state index contributed by atoms with van der Waals surface area (Å²) >= 11 is 0. The third-order valence-corrected chi connectivity index (χ3v) is 4.14. The molecule has 0 amide bonds. The van der Waals surface area contributed by atoms with Crippen molar-refractivity contribution in [3.05, 3.63) is 17.7 Å². The van der Waals surface area contributed by atoms with E-state index in [-0.39, 0.29) is 5.92 Å². The molecule has 18 heavy (non-hydrogen) atoms. The van der Waals surface area contributed by atoms with E-state index in [1.165, 1.54) is 12.8 Å². The number of aromatic nitrogens is 2. The molecular formula is C13H19N3O2. The number of fused-ring (bicyclic) bond motifs is 1. The van der Waals surface area contributed by atoms with Gasteiger partial charge in [-0.15, -0.1) is 0 Å². The van der Waals surface area contributed by atoms with Crippen LogP contribution in [0.3, 0.4) is 0 Å². The quantitative estimate of drug-likeness (QED) is 0.820. The lowest BCUT2D eigenvalue weighted by atomic mass is 9.95. The van der Waals surface area contributed by atoms with Crippen molar-refractivity contribution < 1.29 is 9.90 Å². The lowest BCUT2D eigenvalue weighted by Crippen LogP contribution is -2.32. The monoisotopic (exact) mass is 249 g/mol. The van der Waals surface area contributed by atoms with Crippen LogP contribution >= 0.6 is 0 Å². The van der Waals surface area contributed by atoms with Crippen LogP contribution in [0.2, 0.25) is 0 Å². The Morgan fingerprint density at radius 2 is 2.39 bits per heavy atom. The number of carboxylic acids is 1. The molecular weight excluding hydrogens is 230 g/mol. The van der Waals surface area contributed by atoms with Crippen LogP contribution in [0.5, 0.6) is 0 Å². The zero-order valence-corrected chi connectivity index (χ0v) is 10.4. The molecule has 0 aliphatic carbocycles. The van der Waals surface area contributed by atoms with Gasteiger partial charge >= 0.3 is 5.97 Å². The first-order valence-corrected chi connectivity index (χ1v) is 6.73. The van der Waals surface area contributed by atoms with Crippen LogP contribution in [0.4, 0.5) is 0 Å². The Morgan fingerprint density at radius 3 is 3.11 bits per heavy atom. The van der Waals surface area contributed by atoms with Gasteiger partial charge in [0.15, 0.2) is 0 Å². The van der Waals surface area contributed by atoms with Gasteiger partial charge in [-0.1, -0.05) is 0 Å². The molecule has 0 spiro atoms. The van der Waals surface area contributed by atoms with Gasteiger partial charge in [0, 0.05) is 37.3 Å². The molecule has 2 aliphatic rings. The number of hydrogen-bond donors (Lipinski definition) is 2. The topological polar surface area (TPSA) is 67.1 Å². The summed E-state index contributed by atoms with van der Waals surface area (Å²) in [5.74, 6) is 0.741. The summed E-state index contributed by atoms with van der Waals surface area (Å²) in [7, 11) is 0. The lowest BCUT2D eigenvalue weighted by Gasteiger charge is -2.27. The maximum absolute atomic E-state index is 11.0. The number of nitrogens with one attached hydrogen (secondary N) is 1. The van der Waals surface area contributed by atoms with Crippen LogP contribution in [0.1, 0.15) is 36.7 Å². The molecule has 5 heteroatoms. The molecule has 1 aromatic rings. The van der Waals surface area contributed by atoms with E-state index in [0.717, 1.165) is 37.6 Å². The fourth-order valence-corrected chi connectivity index (χ4v) is 3.10. The van der Waals surface area contributed by atoms with Gasteiger partial charge < -0.3 is 15.0 Å². The number of rotatable bonds is 2. The van der Waals surface area contributed by atoms with Crippen molar-refractivity contribution in [1.29, 1.82) is 0 Å². The number of hydrogen-bond acceptors (Lipinski definition) is 3. The number of aliphatic carboxylic acids is 1. The fourth-order valence-electron chi connectivity index (χ4n) is 3.10. The van der Waals surface area contributed by atoms with Crippen molar-refractivity contribution in [3.63, 3.8) is 0 Å². The van der Waals surface area contributed by atoms with E-state index in [2.05, 4.69) is 14.9 Å².